The summed E-state index contributed by atoms with van der Waals surface area (Å²) in [6.45, 7) is 2.36. The Morgan fingerprint density at radius 3 is 2.83 bits per heavy atom. The average molecular weight is 411 g/mol. The summed E-state index contributed by atoms with van der Waals surface area (Å²) in [6.07, 6.45) is 5.37. The number of hydrogen-bond donors (Lipinski definition) is 2. The Balaban J connectivity index is 1.73. The van der Waals surface area contributed by atoms with E-state index in [1.54, 1.807) is 18.3 Å². The van der Waals surface area contributed by atoms with E-state index in [1.807, 2.05) is 6.92 Å². The van der Waals surface area contributed by atoms with E-state index in [2.05, 4.69) is 25.5 Å². The van der Waals surface area contributed by atoms with Gasteiger partial charge in [-0.25, -0.2) is 19.8 Å². The van der Waals surface area contributed by atoms with Crippen LogP contribution in [0.1, 0.15) is 23.0 Å². The zero-order valence-electron chi connectivity index (χ0n) is 16.2. The number of aromatic hydroxyl groups is 1. The van der Waals surface area contributed by atoms with Crippen LogP contribution in [0.5, 0.6) is 17.4 Å². The largest absolute Gasteiger partial charge is 0.505 e. The highest BCUT2D eigenvalue weighted by atomic mass is 19.1. The molecular formula is C20H18FN5O4. The number of rotatable bonds is 7. The predicted octanol–water partition coefficient (Wildman–Crippen LogP) is 2.55. The molecule has 0 fully saturated rings. The zero-order chi connectivity index (χ0) is 21.5. The number of aromatic nitrogens is 3. The summed E-state index contributed by atoms with van der Waals surface area (Å²) in [6, 6.07) is 5.89. The number of benzene rings is 1. The number of carbonyl (C=O) groups is 1. The molecule has 2 N–H and O–H groups in total. The maximum atomic E-state index is 13.9. The molecule has 3 rings (SSSR count). The van der Waals surface area contributed by atoms with Gasteiger partial charge in [-0.15, -0.1) is 0 Å². The first-order chi connectivity index (χ1) is 14.5. The quantitative estimate of drug-likeness (QED) is 0.453. The van der Waals surface area contributed by atoms with E-state index < -0.39 is 17.5 Å². The van der Waals surface area contributed by atoms with Crippen molar-refractivity contribution in [3.05, 3.63) is 59.9 Å². The van der Waals surface area contributed by atoms with Crippen LogP contribution in [0.15, 0.2) is 48.0 Å². The number of carbonyl (C=O) groups excluding carboxylic acids is 1. The lowest BCUT2D eigenvalue weighted by Gasteiger charge is -2.05. The second-order valence-corrected chi connectivity index (χ2v) is 5.86. The standard InChI is InChI=1S/C20H18FN5O4/c1-3-30-18-5-4-12(8-23-18)15-10-22-11-16(25-15)20(28)26-24-9-13-6-14(29-2)7-17(27)19(13)21/h4-11,27H,3H2,1-2H3,(H,26,28)/b24-9+. The molecule has 9 nitrogen and oxygen atoms in total. The Bertz CT molecular complexity index is 1070. The lowest BCUT2D eigenvalue weighted by molar-refractivity contribution is 0.0950. The van der Waals surface area contributed by atoms with Gasteiger partial charge in [0.2, 0.25) is 5.88 Å². The van der Waals surface area contributed by atoms with Crippen LogP contribution in [0.3, 0.4) is 0 Å². The maximum Gasteiger partial charge on any atom is 0.291 e. The van der Waals surface area contributed by atoms with Crippen molar-refractivity contribution in [2.45, 2.75) is 6.92 Å². The van der Waals surface area contributed by atoms with Crippen molar-refractivity contribution in [1.29, 1.82) is 0 Å². The Labute approximate surface area is 171 Å². The number of phenols is 1. The summed E-state index contributed by atoms with van der Waals surface area (Å²) in [5.41, 5.74) is 3.27. The van der Waals surface area contributed by atoms with Gasteiger partial charge in [-0.2, -0.15) is 5.10 Å². The molecule has 0 aliphatic rings. The van der Waals surface area contributed by atoms with Gasteiger partial charge in [0.25, 0.3) is 5.91 Å². The van der Waals surface area contributed by atoms with Crippen LogP contribution >= 0.6 is 0 Å². The average Bonchev–Trinajstić information content (AvgIpc) is 2.77. The molecule has 10 heteroatoms. The molecule has 154 valence electrons. The van der Waals surface area contributed by atoms with E-state index in [-0.39, 0.29) is 17.0 Å². The molecule has 1 amide bonds. The van der Waals surface area contributed by atoms with E-state index in [9.17, 15) is 14.3 Å². The van der Waals surface area contributed by atoms with E-state index in [1.165, 1.54) is 25.6 Å². The first kappa shape index (κ1) is 20.6. The fraction of sp³-hybridized carbons (Fsp3) is 0.150. The highest BCUT2D eigenvalue weighted by molar-refractivity contribution is 5.93. The van der Waals surface area contributed by atoms with Crippen molar-refractivity contribution < 1.29 is 23.8 Å². The number of hydrazone groups is 1. The van der Waals surface area contributed by atoms with Crippen molar-refractivity contribution in [3.8, 4) is 28.6 Å². The molecule has 0 unspecified atom stereocenters. The van der Waals surface area contributed by atoms with Crippen molar-refractivity contribution >= 4 is 12.1 Å². The second-order valence-electron chi connectivity index (χ2n) is 5.86. The third-order valence-corrected chi connectivity index (χ3v) is 3.85. The van der Waals surface area contributed by atoms with Gasteiger partial charge in [-0.1, -0.05) is 0 Å². The minimum atomic E-state index is -0.890. The van der Waals surface area contributed by atoms with Gasteiger partial charge in [0, 0.05) is 29.5 Å². The summed E-state index contributed by atoms with van der Waals surface area (Å²) in [7, 11) is 1.38. The minimum absolute atomic E-state index is 0.00694. The number of amides is 1. The normalized spacial score (nSPS) is 10.8. The van der Waals surface area contributed by atoms with Gasteiger partial charge < -0.3 is 14.6 Å². The molecule has 0 aliphatic heterocycles. The molecular weight excluding hydrogens is 393 g/mol. The van der Waals surface area contributed by atoms with E-state index in [4.69, 9.17) is 9.47 Å². The van der Waals surface area contributed by atoms with Crippen LogP contribution in [-0.4, -0.2) is 45.9 Å². The molecule has 30 heavy (non-hydrogen) atoms. The number of ether oxygens (including phenoxy) is 2. The number of halogens is 1. The third-order valence-electron chi connectivity index (χ3n) is 3.85. The topological polar surface area (TPSA) is 119 Å². The molecule has 3 aromatic rings. The van der Waals surface area contributed by atoms with Gasteiger partial charge in [-0.3, -0.25) is 9.78 Å². The number of nitrogens with zero attached hydrogens (tertiary/aromatic N) is 4. The van der Waals surface area contributed by atoms with Crippen molar-refractivity contribution in [2.75, 3.05) is 13.7 Å². The Hall–Kier alpha value is -4.08. The van der Waals surface area contributed by atoms with E-state index in [0.29, 0.717) is 23.7 Å². The highest BCUT2D eigenvalue weighted by Crippen LogP contribution is 2.25. The van der Waals surface area contributed by atoms with Crippen molar-refractivity contribution in [2.24, 2.45) is 5.10 Å². The number of hydrogen-bond acceptors (Lipinski definition) is 8. The molecule has 0 atom stereocenters. The Kier molecular flexibility index (Phi) is 6.48. The summed E-state index contributed by atoms with van der Waals surface area (Å²) >= 11 is 0. The van der Waals surface area contributed by atoms with Crippen molar-refractivity contribution in [1.82, 2.24) is 20.4 Å². The predicted molar refractivity (Wildman–Crippen MR) is 106 cm³/mol. The number of phenolic OH excluding ortho intramolecular Hbond substituents is 1. The number of methoxy groups -OCH3 is 1. The van der Waals surface area contributed by atoms with Crippen LogP contribution in [-0.2, 0) is 0 Å². The summed E-state index contributed by atoms with van der Waals surface area (Å²) in [4.78, 5) is 24.7. The number of nitrogens with one attached hydrogen (secondary N) is 1. The molecule has 0 saturated heterocycles. The van der Waals surface area contributed by atoms with Crippen molar-refractivity contribution in [3.63, 3.8) is 0 Å². The van der Waals surface area contributed by atoms with Crippen LogP contribution in [0.4, 0.5) is 4.39 Å². The van der Waals surface area contributed by atoms with Gasteiger partial charge in [0.05, 0.1) is 38.0 Å². The first-order valence-corrected chi connectivity index (χ1v) is 8.83. The molecule has 1 aromatic carbocycles. The summed E-state index contributed by atoms with van der Waals surface area (Å²) in [5, 5.41) is 13.3. The van der Waals surface area contributed by atoms with Gasteiger partial charge in [0.1, 0.15) is 11.4 Å². The lowest BCUT2D eigenvalue weighted by atomic mass is 10.2. The molecule has 0 bridgehead atoms. The number of pyridine rings is 1. The summed E-state index contributed by atoms with van der Waals surface area (Å²) < 4.78 is 24.2. The smallest absolute Gasteiger partial charge is 0.291 e. The third kappa shape index (κ3) is 4.85. The monoisotopic (exact) mass is 411 g/mol. The van der Waals surface area contributed by atoms with Crippen LogP contribution in [0.25, 0.3) is 11.3 Å². The lowest BCUT2D eigenvalue weighted by Crippen LogP contribution is -2.19. The maximum absolute atomic E-state index is 13.9. The molecule has 0 saturated carbocycles. The molecule has 2 heterocycles. The van der Waals surface area contributed by atoms with Crippen LogP contribution < -0.4 is 14.9 Å². The van der Waals surface area contributed by atoms with Gasteiger partial charge >= 0.3 is 0 Å². The van der Waals surface area contributed by atoms with E-state index >= 15 is 0 Å². The molecule has 0 radical (unpaired) electrons. The fourth-order valence-electron chi connectivity index (χ4n) is 2.41. The molecule has 0 spiro atoms. The molecule has 2 aromatic heterocycles. The Morgan fingerprint density at radius 2 is 2.13 bits per heavy atom. The zero-order valence-corrected chi connectivity index (χ0v) is 16.2. The van der Waals surface area contributed by atoms with Gasteiger partial charge in [-0.05, 0) is 19.1 Å². The SMILES string of the molecule is CCOc1ccc(-c2cncc(C(=O)N/N=C/c3cc(OC)cc(O)c3F)n2)cn1. The molecule has 0 aliphatic carbocycles. The second kappa shape index (κ2) is 9.41. The first-order valence-electron chi connectivity index (χ1n) is 8.83. The Morgan fingerprint density at radius 1 is 1.30 bits per heavy atom. The van der Waals surface area contributed by atoms with Crippen LogP contribution in [0, 0.1) is 5.82 Å². The van der Waals surface area contributed by atoms with Gasteiger partial charge in [0.15, 0.2) is 11.6 Å². The van der Waals surface area contributed by atoms with E-state index in [0.717, 1.165) is 12.3 Å². The highest BCUT2D eigenvalue weighted by Gasteiger charge is 2.11. The van der Waals surface area contributed by atoms with Crippen LogP contribution in [0.2, 0.25) is 0 Å². The fourth-order valence-corrected chi connectivity index (χ4v) is 2.41. The minimum Gasteiger partial charge on any atom is -0.505 e. The summed E-state index contributed by atoms with van der Waals surface area (Å²) in [5.74, 6) is -1.41.